The number of ether oxygens (including phenoxy) is 1. The summed E-state index contributed by atoms with van der Waals surface area (Å²) >= 11 is 0. The molecule has 2 rings (SSSR count). The van der Waals surface area contributed by atoms with Crippen LogP contribution < -0.4 is 10.6 Å². The van der Waals surface area contributed by atoms with Crippen LogP contribution in [0.1, 0.15) is 5.56 Å². The molecule has 8 nitrogen and oxygen atoms in total. The molecule has 0 unspecified atom stereocenters. The van der Waals surface area contributed by atoms with Gasteiger partial charge in [-0.05, 0) is 30.7 Å². The van der Waals surface area contributed by atoms with E-state index in [2.05, 4.69) is 10.6 Å². The van der Waals surface area contributed by atoms with Crippen LogP contribution in [0.3, 0.4) is 0 Å². The number of carbonyl (C=O) groups excluding carboxylic acids is 2. The average molecular weight is 343 g/mol. The highest BCUT2D eigenvalue weighted by Gasteiger charge is 2.09. The fourth-order valence-electron chi connectivity index (χ4n) is 2.05. The smallest absolute Gasteiger partial charge is 0.271 e. The molecule has 0 bridgehead atoms. The Hall–Kier alpha value is -3.26. The zero-order valence-electron chi connectivity index (χ0n) is 13.5. The van der Waals surface area contributed by atoms with Crippen LogP contribution in [-0.4, -0.2) is 30.0 Å². The van der Waals surface area contributed by atoms with Gasteiger partial charge in [-0.3, -0.25) is 19.7 Å². The van der Waals surface area contributed by atoms with Crippen LogP contribution in [0.5, 0.6) is 0 Å². The number of anilines is 2. The summed E-state index contributed by atoms with van der Waals surface area (Å²) in [6.07, 6.45) is 0. The molecule has 25 heavy (non-hydrogen) atoms. The normalized spacial score (nSPS) is 10.1. The minimum atomic E-state index is -0.554. The molecule has 0 heterocycles. The Morgan fingerprint density at radius 2 is 1.56 bits per heavy atom. The fraction of sp³-hybridized carbons (Fsp3) is 0.176. The Bertz CT molecular complexity index is 791. The van der Waals surface area contributed by atoms with Gasteiger partial charge in [0.15, 0.2) is 0 Å². The molecule has 0 aliphatic carbocycles. The van der Waals surface area contributed by atoms with Gasteiger partial charge in [-0.15, -0.1) is 0 Å². The predicted molar refractivity (Wildman–Crippen MR) is 92.4 cm³/mol. The van der Waals surface area contributed by atoms with E-state index in [0.717, 1.165) is 5.56 Å². The molecule has 0 saturated carbocycles. The van der Waals surface area contributed by atoms with Gasteiger partial charge >= 0.3 is 0 Å². The predicted octanol–water partition coefficient (Wildman–Crippen LogP) is 2.50. The van der Waals surface area contributed by atoms with Gasteiger partial charge in [0, 0.05) is 23.5 Å². The maximum atomic E-state index is 11.7. The zero-order valence-corrected chi connectivity index (χ0v) is 13.5. The lowest BCUT2D eigenvalue weighted by molar-refractivity contribution is -0.384. The third-order valence-corrected chi connectivity index (χ3v) is 3.11. The van der Waals surface area contributed by atoms with Gasteiger partial charge in [0.05, 0.1) is 4.92 Å². The SMILES string of the molecule is Cc1cccc(NC(=O)COCC(=O)Nc2cccc([N+](=O)[O-])c2)c1. The molecule has 0 aliphatic heterocycles. The Balaban J connectivity index is 1.75. The monoisotopic (exact) mass is 343 g/mol. The summed E-state index contributed by atoms with van der Waals surface area (Å²) < 4.78 is 5.05. The van der Waals surface area contributed by atoms with Crippen molar-refractivity contribution in [1.82, 2.24) is 0 Å². The second kappa shape index (κ2) is 8.55. The van der Waals surface area contributed by atoms with E-state index in [9.17, 15) is 19.7 Å². The van der Waals surface area contributed by atoms with Crippen molar-refractivity contribution < 1.29 is 19.2 Å². The van der Waals surface area contributed by atoms with Crippen molar-refractivity contribution in [2.24, 2.45) is 0 Å². The molecule has 0 spiro atoms. The summed E-state index contributed by atoms with van der Waals surface area (Å²) in [5.41, 5.74) is 1.81. The van der Waals surface area contributed by atoms with Gasteiger partial charge in [-0.1, -0.05) is 18.2 Å². The standard InChI is InChI=1S/C17H17N3O5/c1-12-4-2-5-13(8-12)18-16(21)10-25-11-17(22)19-14-6-3-7-15(9-14)20(23)24/h2-9H,10-11H2,1H3,(H,18,21)(H,19,22). The van der Waals surface area contributed by atoms with Crippen LogP contribution >= 0.6 is 0 Å². The van der Waals surface area contributed by atoms with Crippen LogP contribution in [0.2, 0.25) is 0 Å². The van der Waals surface area contributed by atoms with Crippen LogP contribution in [0.15, 0.2) is 48.5 Å². The molecule has 0 saturated heterocycles. The first-order chi connectivity index (χ1) is 11.9. The minimum Gasteiger partial charge on any atom is -0.362 e. The molecule has 130 valence electrons. The van der Waals surface area contributed by atoms with Gasteiger partial charge in [0.25, 0.3) is 5.69 Å². The van der Waals surface area contributed by atoms with E-state index >= 15 is 0 Å². The lowest BCUT2D eigenvalue weighted by Crippen LogP contribution is -2.24. The zero-order chi connectivity index (χ0) is 18.2. The van der Waals surface area contributed by atoms with Gasteiger partial charge in [0.1, 0.15) is 13.2 Å². The molecule has 2 amide bonds. The number of nitro benzene ring substituents is 1. The van der Waals surface area contributed by atoms with E-state index in [1.807, 2.05) is 25.1 Å². The van der Waals surface area contributed by atoms with E-state index in [1.54, 1.807) is 6.07 Å². The number of amides is 2. The van der Waals surface area contributed by atoms with Crippen molar-refractivity contribution in [3.05, 3.63) is 64.2 Å². The van der Waals surface area contributed by atoms with E-state index < -0.39 is 10.8 Å². The Morgan fingerprint density at radius 1 is 1.00 bits per heavy atom. The number of carbonyl (C=O) groups is 2. The first-order valence-corrected chi connectivity index (χ1v) is 7.42. The highest BCUT2D eigenvalue weighted by Crippen LogP contribution is 2.16. The highest BCUT2D eigenvalue weighted by atomic mass is 16.6. The second-order valence-corrected chi connectivity index (χ2v) is 5.27. The third kappa shape index (κ3) is 6.04. The third-order valence-electron chi connectivity index (χ3n) is 3.11. The van der Waals surface area contributed by atoms with E-state index in [4.69, 9.17) is 4.74 Å². The number of rotatable bonds is 7. The van der Waals surface area contributed by atoms with Crippen molar-refractivity contribution in [1.29, 1.82) is 0 Å². The first kappa shape index (κ1) is 18.1. The second-order valence-electron chi connectivity index (χ2n) is 5.27. The molecule has 2 aromatic rings. The summed E-state index contributed by atoms with van der Waals surface area (Å²) in [4.78, 5) is 33.6. The number of nitrogens with zero attached hydrogens (tertiary/aromatic N) is 1. The summed E-state index contributed by atoms with van der Waals surface area (Å²) in [7, 11) is 0. The number of hydrogen-bond acceptors (Lipinski definition) is 5. The average Bonchev–Trinajstić information content (AvgIpc) is 2.55. The number of non-ortho nitro benzene ring substituents is 1. The highest BCUT2D eigenvalue weighted by molar-refractivity contribution is 5.93. The Morgan fingerprint density at radius 3 is 2.12 bits per heavy atom. The maximum Gasteiger partial charge on any atom is 0.271 e. The van der Waals surface area contributed by atoms with Crippen molar-refractivity contribution in [2.45, 2.75) is 6.92 Å². The number of benzene rings is 2. The summed E-state index contributed by atoms with van der Waals surface area (Å²) in [5.74, 6) is -0.891. The molecule has 0 fully saturated rings. The minimum absolute atomic E-state index is 0.128. The van der Waals surface area contributed by atoms with Crippen LogP contribution in [0.4, 0.5) is 17.1 Å². The van der Waals surface area contributed by atoms with Crippen LogP contribution in [0, 0.1) is 17.0 Å². The molecular weight excluding hydrogens is 326 g/mol. The molecule has 0 aliphatic rings. The van der Waals surface area contributed by atoms with E-state index in [1.165, 1.54) is 24.3 Å². The lowest BCUT2D eigenvalue weighted by Gasteiger charge is -2.08. The van der Waals surface area contributed by atoms with Crippen molar-refractivity contribution in [3.63, 3.8) is 0 Å². The van der Waals surface area contributed by atoms with Gasteiger partial charge < -0.3 is 15.4 Å². The summed E-state index contributed by atoms with van der Waals surface area (Å²) in [6, 6.07) is 12.8. The molecule has 2 aromatic carbocycles. The van der Waals surface area contributed by atoms with Crippen molar-refractivity contribution >= 4 is 28.9 Å². The fourth-order valence-corrected chi connectivity index (χ4v) is 2.05. The Kier molecular flexibility index (Phi) is 6.19. The summed E-state index contributed by atoms with van der Waals surface area (Å²) in [6.45, 7) is 1.28. The number of hydrogen-bond donors (Lipinski definition) is 2. The van der Waals surface area contributed by atoms with Crippen molar-refractivity contribution in [2.75, 3.05) is 23.8 Å². The molecule has 8 heteroatoms. The van der Waals surface area contributed by atoms with Gasteiger partial charge in [-0.2, -0.15) is 0 Å². The van der Waals surface area contributed by atoms with E-state index in [-0.39, 0.29) is 30.5 Å². The van der Waals surface area contributed by atoms with Crippen LogP contribution in [0.25, 0.3) is 0 Å². The van der Waals surface area contributed by atoms with Gasteiger partial charge in [-0.25, -0.2) is 0 Å². The molecule has 0 aromatic heterocycles. The largest absolute Gasteiger partial charge is 0.362 e. The van der Waals surface area contributed by atoms with Gasteiger partial charge in [0.2, 0.25) is 11.8 Å². The van der Waals surface area contributed by atoms with E-state index in [0.29, 0.717) is 5.69 Å². The molecule has 0 radical (unpaired) electrons. The first-order valence-electron chi connectivity index (χ1n) is 7.42. The van der Waals surface area contributed by atoms with Crippen LogP contribution in [-0.2, 0) is 14.3 Å². The quantitative estimate of drug-likeness (QED) is 0.593. The maximum absolute atomic E-state index is 11.7. The number of aryl methyl sites for hydroxylation is 1. The topological polar surface area (TPSA) is 111 Å². The number of nitro groups is 1. The lowest BCUT2D eigenvalue weighted by atomic mass is 10.2. The number of nitrogens with one attached hydrogen (secondary N) is 2. The molecule has 2 N–H and O–H groups in total. The van der Waals surface area contributed by atoms with Crippen molar-refractivity contribution in [3.8, 4) is 0 Å². The molecule has 0 atom stereocenters. The molecular formula is C17H17N3O5. The Labute approximate surface area is 144 Å². The summed E-state index contributed by atoms with van der Waals surface area (Å²) in [5, 5.41) is 15.8.